The molecule has 1 aliphatic heterocycles. The fourth-order valence-corrected chi connectivity index (χ4v) is 2.26. The first-order chi connectivity index (χ1) is 7.24. The van der Waals surface area contributed by atoms with Crippen molar-refractivity contribution in [3.63, 3.8) is 0 Å². The molecule has 2 rings (SSSR count). The summed E-state index contributed by atoms with van der Waals surface area (Å²) in [6.07, 6.45) is 2.20. The van der Waals surface area contributed by atoms with Gasteiger partial charge in [0.1, 0.15) is 0 Å². The van der Waals surface area contributed by atoms with Gasteiger partial charge in [0.2, 0.25) is 0 Å². The molecule has 1 aromatic carbocycles. The summed E-state index contributed by atoms with van der Waals surface area (Å²) < 4.78 is 0. The Balaban J connectivity index is 1.83. The predicted octanol–water partition coefficient (Wildman–Crippen LogP) is 1.92. The van der Waals surface area contributed by atoms with Crippen LogP contribution in [-0.2, 0) is 6.42 Å². The minimum absolute atomic E-state index is 0.379. The number of hydrogen-bond donors (Lipinski definition) is 1. The van der Waals surface area contributed by atoms with E-state index in [9.17, 15) is 0 Å². The third kappa shape index (κ3) is 3.20. The number of benzene rings is 1. The average molecular weight is 225 g/mol. The smallest absolute Gasteiger partial charge is 0.0408 e. The fraction of sp³-hybridized carbons (Fsp3) is 0.500. The van der Waals surface area contributed by atoms with E-state index in [1.165, 1.54) is 5.56 Å². The van der Waals surface area contributed by atoms with Gasteiger partial charge in [0.15, 0.2) is 0 Å². The van der Waals surface area contributed by atoms with Gasteiger partial charge in [-0.15, -0.1) is 0 Å². The summed E-state index contributed by atoms with van der Waals surface area (Å²) in [4.78, 5) is 2.42. The van der Waals surface area contributed by atoms with E-state index in [4.69, 9.17) is 17.3 Å². The minimum Gasteiger partial charge on any atom is -0.326 e. The number of likely N-dealkylation sites (tertiary alicyclic amines) is 1. The maximum atomic E-state index is 5.93. The number of nitrogens with two attached hydrogens (primary N) is 1. The molecule has 1 aliphatic rings. The van der Waals surface area contributed by atoms with Crippen LogP contribution in [0.5, 0.6) is 0 Å². The van der Waals surface area contributed by atoms with Crippen LogP contribution >= 0.6 is 11.6 Å². The zero-order valence-corrected chi connectivity index (χ0v) is 9.58. The molecular weight excluding hydrogens is 208 g/mol. The van der Waals surface area contributed by atoms with Gasteiger partial charge in [0, 0.05) is 24.2 Å². The Hall–Kier alpha value is -0.570. The van der Waals surface area contributed by atoms with Crippen molar-refractivity contribution in [3.05, 3.63) is 34.9 Å². The van der Waals surface area contributed by atoms with E-state index in [-0.39, 0.29) is 0 Å². The Morgan fingerprint density at radius 2 is 2.33 bits per heavy atom. The van der Waals surface area contributed by atoms with Crippen LogP contribution in [0.15, 0.2) is 24.3 Å². The zero-order chi connectivity index (χ0) is 10.7. The zero-order valence-electron chi connectivity index (χ0n) is 8.82. The van der Waals surface area contributed by atoms with E-state index < -0.39 is 0 Å². The fourth-order valence-electron chi connectivity index (χ4n) is 2.05. The minimum atomic E-state index is 0.379. The molecule has 2 nitrogen and oxygen atoms in total. The Labute approximate surface area is 96.0 Å². The van der Waals surface area contributed by atoms with Crippen molar-refractivity contribution in [2.75, 3.05) is 19.6 Å². The molecule has 0 radical (unpaired) electrons. The second-order valence-electron chi connectivity index (χ2n) is 4.23. The summed E-state index contributed by atoms with van der Waals surface area (Å²) in [6, 6.07) is 8.47. The summed E-state index contributed by atoms with van der Waals surface area (Å²) >= 11 is 5.93. The van der Waals surface area contributed by atoms with Gasteiger partial charge in [-0.25, -0.2) is 0 Å². The van der Waals surface area contributed by atoms with Crippen LogP contribution in [0.4, 0.5) is 0 Å². The van der Waals surface area contributed by atoms with Gasteiger partial charge in [-0.05, 0) is 37.1 Å². The molecule has 1 aromatic rings. The lowest BCUT2D eigenvalue weighted by atomic mass is 10.1. The summed E-state index contributed by atoms with van der Waals surface area (Å²) in [6.45, 7) is 3.27. The molecular formula is C12H17ClN2. The van der Waals surface area contributed by atoms with Crippen LogP contribution in [-0.4, -0.2) is 30.6 Å². The lowest BCUT2D eigenvalue weighted by molar-refractivity contribution is 0.339. The van der Waals surface area contributed by atoms with Crippen molar-refractivity contribution in [1.82, 2.24) is 4.90 Å². The lowest BCUT2D eigenvalue weighted by Gasteiger charge is -2.14. The van der Waals surface area contributed by atoms with E-state index in [2.05, 4.69) is 11.0 Å². The Bertz CT molecular complexity index is 327. The van der Waals surface area contributed by atoms with E-state index >= 15 is 0 Å². The van der Waals surface area contributed by atoms with Gasteiger partial charge in [0.25, 0.3) is 0 Å². The summed E-state index contributed by atoms with van der Waals surface area (Å²) in [5.74, 6) is 0. The van der Waals surface area contributed by atoms with Gasteiger partial charge >= 0.3 is 0 Å². The van der Waals surface area contributed by atoms with E-state index in [1.54, 1.807) is 0 Å². The standard InChI is InChI=1S/C12H17ClN2/c13-11-3-1-2-10(8-11)4-6-15-7-5-12(14)9-15/h1-3,8,12H,4-7,9,14H2. The summed E-state index contributed by atoms with van der Waals surface area (Å²) in [5, 5.41) is 0.825. The van der Waals surface area contributed by atoms with Crippen LogP contribution in [0.1, 0.15) is 12.0 Å². The second kappa shape index (κ2) is 4.97. The molecule has 2 N–H and O–H groups in total. The van der Waals surface area contributed by atoms with Crippen molar-refractivity contribution in [1.29, 1.82) is 0 Å². The maximum absolute atomic E-state index is 5.93. The molecule has 82 valence electrons. The lowest BCUT2D eigenvalue weighted by Crippen LogP contribution is -2.28. The highest BCUT2D eigenvalue weighted by molar-refractivity contribution is 6.30. The van der Waals surface area contributed by atoms with Gasteiger partial charge in [0.05, 0.1) is 0 Å². The third-order valence-electron chi connectivity index (χ3n) is 2.91. The van der Waals surface area contributed by atoms with Crippen LogP contribution in [0, 0.1) is 0 Å². The number of nitrogens with zero attached hydrogens (tertiary/aromatic N) is 1. The van der Waals surface area contributed by atoms with E-state index in [0.717, 1.165) is 37.5 Å². The van der Waals surface area contributed by atoms with Crippen molar-refractivity contribution in [2.45, 2.75) is 18.9 Å². The van der Waals surface area contributed by atoms with Crippen LogP contribution in [0.3, 0.4) is 0 Å². The summed E-state index contributed by atoms with van der Waals surface area (Å²) in [7, 11) is 0. The molecule has 0 bridgehead atoms. The van der Waals surface area contributed by atoms with E-state index in [0.29, 0.717) is 6.04 Å². The summed E-state index contributed by atoms with van der Waals surface area (Å²) in [5.41, 5.74) is 7.16. The molecule has 1 fully saturated rings. The topological polar surface area (TPSA) is 29.3 Å². The van der Waals surface area contributed by atoms with Gasteiger partial charge < -0.3 is 10.6 Å². The molecule has 1 saturated heterocycles. The largest absolute Gasteiger partial charge is 0.326 e. The van der Waals surface area contributed by atoms with Crippen molar-refractivity contribution < 1.29 is 0 Å². The molecule has 0 aromatic heterocycles. The van der Waals surface area contributed by atoms with Gasteiger partial charge in [-0.3, -0.25) is 0 Å². The van der Waals surface area contributed by atoms with Crippen LogP contribution in [0.2, 0.25) is 5.02 Å². The number of rotatable bonds is 3. The van der Waals surface area contributed by atoms with Gasteiger partial charge in [-0.2, -0.15) is 0 Å². The van der Waals surface area contributed by atoms with Crippen molar-refractivity contribution >= 4 is 11.6 Å². The first kappa shape index (κ1) is 10.9. The van der Waals surface area contributed by atoms with Crippen LogP contribution < -0.4 is 5.73 Å². The van der Waals surface area contributed by atoms with Crippen molar-refractivity contribution in [3.8, 4) is 0 Å². The predicted molar refractivity (Wildman–Crippen MR) is 64.2 cm³/mol. The van der Waals surface area contributed by atoms with Crippen LogP contribution in [0.25, 0.3) is 0 Å². The Morgan fingerprint density at radius 3 is 3.00 bits per heavy atom. The quantitative estimate of drug-likeness (QED) is 0.850. The number of hydrogen-bond acceptors (Lipinski definition) is 2. The Kier molecular flexibility index (Phi) is 3.62. The molecule has 15 heavy (non-hydrogen) atoms. The monoisotopic (exact) mass is 224 g/mol. The molecule has 0 aliphatic carbocycles. The van der Waals surface area contributed by atoms with E-state index in [1.807, 2.05) is 18.2 Å². The molecule has 0 amide bonds. The molecule has 0 spiro atoms. The molecule has 1 atom stereocenters. The molecule has 1 heterocycles. The number of halogens is 1. The first-order valence-corrected chi connectivity index (χ1v) is 5.84. The SMILES string of the molecule is NC1CCN(CCc2cccc(Cl)c2)C1. The molecule has 1 unspecified atom stereocenters. The Morgan fingerprint density at radius 1 is 1.47 bits per heavy atom. The second-order valence-corrected chi connectivity index (χ2v) is 4.67. The highest BCUT2D eigenvalue weighted by atomic mass is 35.5. The maximum Gasteiger partial charge on any atom is 0.0408 e. The normalized spacial score (nSPS) is 22.1. The highest BCUT2D eigenvalue weighted by Gasteiger charge is 2.18. The molecule has 0 saturated carbocycles. The first-order valence-electron chi connectivity index (χ1n) is 5.46. The third-order valence-corrected chi connectivity index (χ3v) is 3.15. The molecule has 3 heteroatoms. The van der Waals surface area contributed by atoms with Gasteiger partial charge in [-0.1, -0.05) is 23.7 Å². The highest BCUT2D eigenvalue weighted by Crippen LogP contribution is 2.13. The average Bonchev–Trinajstić information content (AvgIpc) is 2.62. The van der Waals surface area contributed by atoms with Crippen molar-refractivity contribution in [2.24, 2.45) is 5.73 Å².